The van der Waals surface area contributed by atoms with Gasteiger partial charge in [0.15, 0.2) is 0 Å². The third-order valence-electron chi connectivity index (χ3n) is 1.90. The minimum absolute atomic E-state index is 0.579. The highest BCUT2D eigenvalue weighted by Crippen LogP contribution is 2.22. The number of hydrogen-bond acceptors (Lipinski definition) is 2. The number of aryl methyl sites for hydroxylation is 1. The van der Waals surface area contributed by atoms with Gasteiger partial charge >= 0.3 is 0 Å². The van der Waals surface area contributed by atoms with Crippen LogP contribution in [0.2, 0.25) is 0 Å². The molecule has 0 amide bonds. The average molecular weight is 191 g/mol. The van der Waals surface area contributed by atoms with Crippen molar-refractivity contribution in [2.24, 2.45) is 0 Å². The number of nitrogens with two attached hydrogens (primary N) is 1. The lowest BCUT2D eigenvalue weighted by Gasteiger charge is -2.07. The van der Waals surface area contributed by atoms with Crippen LogP contribution in [0.15, 0.2) is 29.8 Å². The first-order valence-electron chi connectivity index (χ1n) is 4.72. The highest BCUT2D eigenvalue weighted by Gasteiger charge is 1.98. The second kappa shape index (κ2) is 4.70. The minimum atomic E-state index is 0.579. The maximum absolute atomic E-state index is 5.76. The van der Waals surface area contributed by atoms with Crippen LogP contribution in [0.3, 0.4) is 0 Å². The third kappa shape index (κ3) is 3.13. The minimum Gasteiger partial charge on any atom is -0.487 e. The van der Waals surface area contributed by atoms with Crippen molar-refractivity contribution >= 4 is 5.69 Å². The SMILES string of the molecule is CC(C)=CCOc1cc(C)ccc1N. The van der Waals surface area contributed by atoms with E-state index in [-0.39, 0.29) is 0 Å². The van der Waals surface area contributed by atoms with Gasteiger partial charge in [-0.05, 0) is 44.5 Å². The average Bonchev–Trinajstić information content (AvgIpc) is 2.10. The van der Waals surface area contributed by atoms with E-state index in [4.69, 9.17) is 10.5 Å². The van der Waals surface area contributed by atoms with Crippen molar-refractivity contribution in [3.05, 3.63) is 35.4 Å². The molecule has 0 aromatic heterocycles. The van der Waals surface area contributed by atoms with Gasteiger partial charge in [0, 0.05) is 0 Å². The molecule has 0 aliphatic carbocycles. The fourth-order valence-corrected chi connectivity index (χ4v) is 1.06. The zero-order valence-electron chi connectivity index (χ0n) is 9.00. The quantitative estimate of drug-likeness (QED) is 0.589. The maximum atomic E-state index is 5.76. The van der Waals surface area contributed by atoms with Crippen LogP contribution in [0.4, 0.5) is 5.69 Å². The molecule has 76 valence electrons. The molecule has 0 radical (unpaired) electrons. The first-order valence-corrected chi connectivity index (χ1v) is 4.72. The second-order valence-corrected chi connectivity index (χ2v) is 3.63. The summed E-state index contributed by atoms with van der Waals surface area (Å²) < 4.78 is 5.53. The van der Waals surface area contributed by atoms with Gasteiger partial charge in [0.1, 0.15) is 12.4 Å². The van der Waals surface area contributed by atoms with Crippen molar-refractivity contribution in [2.45, 2.75) is 20.8 Å². The summed E-state index contributed by atoms with van der Waals surface area (Å²) in [6.45, 7) is 6.69. The number of nitrogen functional groups attached to an aromatic ring is 1. The lowest BCUT2D eigenvalue weighted by Crippen LogP contribution is -1.98. The number of hydrogen-bond donors (Lipinski definition) is 1. The van der Waals surface area contributed by atoms with E-state index in [2.05, 4.69) is 0 Å². The van der Waals surface area contributed by atoms with Crippen molar-refractivity contribution in [1.29, 1.82) is 0 Å². The Morgan fingerprint density at radius 1 is 1.43 bits per heavy atom. The van der Waals surface area contributed by atoms with Crippen LogP contribution in [-0.2, 0) is 0 Å². The van der Waals surface area contributed by atoms with Crippen LogP contribution < -0.4 is 10.5 Å². The first-order chi connectivity index (χ1) is 6.59. The summed E-state index contributed by atoms with van der Waals surface area (Å²) in [4.78, 5) is 0. The van der Waals surface area contributed by atoms with Gasteiger partial charge < -0.3 is 10.5 Å². The summed E-state index contributed by atoms with van der Waals surface area (Å²) >= 11 is 0. The molecule has 0 saturated carbocycles. The molecule has 0 heterocycles. The van der Waals surface area contributed by atoms with Crippen LogP contribution in [0.5, 0.6) is 5.75 Å². The Morgan fingerprint density at radius 2 is 2.14 bits per heavy atom. The molecule has 0 spiro atoms. The summed E-state index contributed by atoms with van der Waals surface area (Å²) in [5.41, 5.74) is 8.86. The number of benzene rings is 1. The molecule has 0 aliphatic heterocycles. The Bertz CT molecular complexity index is 338. The highest BCUT2D eigenvalue weighted by atomic mass is 16.5. The summed E-state index contributed by atoms with van der Waals surface area (Å²) in [5.74, 6) is 0.766. The Hall–Kier alpha value is -1.44. The Morgan fingerprint density at radius 3 is 2.79 bits per heavy atom. The van der Waals surface area contributed by atoms with E-state index in [9.17, 15) is 0 Å². The monoisotopic (exact) mass is 191 g/mol. The van der Waals surface area contributed by atoms with Crippen molar-refractivity contribution in [1.82, 2.24) is 0 Å². The van der Waals surface area contributed by atoms with Crippen LogP contribution >= 0.6 is 0 Å². The van der Waals surface area contributed by atoms with E-state index in [1.54, 1.807) is 0 Å². The normalized spacial score (nSPS) is 9.64. The lowest BCUT2D eigenvalue weighted by molar-refractivity contribution is 0.363. The third-order valence-corrected chi connectivity index (χ3v) is 1.90. The van der Waals surface area contributed by atoms with Crippen molar-refractivity contribution in [3.8, 4) is 5.75 Å². The van der Waals surface area contributed by atoms with Crippen LogP contribution in [0.1, 0.15) is 19.4 Å². The van der Waals surface area contributed by atoms with Gasteiger partial charge in [0.25, 0.3) is 0 Å². The maximum Gasteiger partial charge on any atom is 0.142 e. The Kier molecular flexibility index (Phi) is 3.57. The molecule has 1 aromatic rings. The van der Waals surface area contributed by atoms with Gasteiger partial charge in [-0.15, -0.1) is 0 Å². The molecule has 0 atom stereocenters. The van der Waals surface area contributed by atoms with Gasteiger partial charge in [-0.25, -0.2) is 0 Å². The smallest absolute Gasteiger partial charge is 0.142 e. The largest absolute Gasteiger partial charge is 0.487 e. The van der Waals surface area contributed by atoms with Crippen molar-refractivity contribution < 1.29 is 4.74 Å². The van der Waals surface area contributed by atoms with E-state index >= 15 is 0 Å². The van der Waals surface area contributed by atoms with Gasteiger partial charge in [0.05, 0.1) is 5.69 Å². The molecule has 0 fully saturated rings. The number of rotatable bonds is 3. The molecular weight excluding hydrogens is 174 g/mol. The molecule has 2 N–H and O–H groups in total. The van der Waals surface area contributed by atoms with Gasteiger partial charge in [-0.3, -0.25) is 0 Å². The molecule has 0 aliphatic rings. The highest BCUT2D eigenvalue weighted by molar-refractivity contribution is 5.53. The van der Waals surface area contributed by atoms with E-state index in [1.165, 1.54) is 5.57 Å². The van der Waals surface area contributed by atoms with Gasteiger partial charge in [-0.1, -0.05) is 11.6 Å². The van der Waals surface area contributed by atoms with E-state index in [0.717, 1.165) is 11.3 Å². The fourth-order valence-electron chi connectivity index (χ4n) is 1.06. The Balaban J connectivity index is 2.67. The molecule has 1 aromatic carbocycles. The van der Waals surface area contributed by atoms with Crippen LogP contribution in [0, 0.1) is 6.92 Å². The molecule has 0 unspecified atom stereocenters. The summed E-state index contributed by atoms with van der Waals surface area (Å²) in [7, 11) is 0. The van der Waals surface area contributed by atoms with E-state index < -0.39 is 0 Å². The second-order valence-electron chi connectivity index (χ2n) is 3.63. The lowest BCUT2D eigenvalue weighted by atomic mass is 10.2. The molecular formula is C12H17NO. The number of anilines is 1. The number of ether oxygens (including phenoxy) is 1. The molecule has 2 nitrogen and oxygen atoms in total. The van der Waals surface area contributed by atoms with Crippen LogP contribution in [0.25, 0.3) is 0 Å². The van der Waals surface area contributed by atoms with Gasteiger partial charge in [0.2, 0.25) is 0 Å². The van der Waals surface area contributed by atoms with Crippen molar-refractivity contribution in [2.75, 3.05) is 12.3 Å². The van der Waals surface area contributed by atoms with E-state index in [0.29, 0.717) is 12.3 Å². The summed E-state index contributed by atoms with van der Waals surface area (Å²) in [6, 6.07) is 5.80. The molecule has 0 saturated heterocycles. The zero-order valence-corrected chi connectivity index (χ0v) is 9.00. The standard InChI is InChI=1S/C12H17NO/c1-9(2)6-7-14-12-8-10(3)4-5-11(12)13/h4-6,8H,7,13H2,1-3H3. The van der Waals surface area contributed by atoms with Gasteiger partial charge in [-0.2, -0.15) is 0 Å². The molecule has 0 bridgehead atoms. The topological polar surface area (TPSA) is 35.2 Å². The predicted octanol–water partition coefficient (Wildman–Crippen LogP) is 2.92. The molecule has 14 heavy (non-hydrogen) atoms. The summed E-state index contributed by atoms with van der Waals surface area (Å²) in [6.07, 6.45) is 2.03. The first kappa shape index (κ1) is 10.6. The summed E-state index contributed by atoms with van der Waals surface area (Å²) in [5, 5.41) is 0. The Labute approximate surface area is 85.4 Å². The zero-order chi connectivity index (χ0) is 10.6. The predicted molar refractivity (Wildman–Crippen MR) is 60.5 cm³/mol. The van der Waals surface area contributed by atoms with E-state index in [1.807, 2.05) is 45.0 Å². The fraction of sp³-hybridized carbons (Fsp3) is 0.333. The molecule has 2 heteroatoms. The molecule has 1 rings (SSSR count). The number of allylic oxidation sites excluding steroid dienone is 1. The van der Waals surface area contributed by atoms with Crippen molar-refractivity contribution in [3.63, 3.8) is 0 Å². The van der Waals surface area contributed by atoms with Crippen LogP contribution in [-0.4, -0.2) is 6.61 Å².